The molecule has 2 saturated carbocycles. The smallest absolute Gasteiger partial charge is 0.341 e. The number of anilines is 1. The minimum Gasteiger partial charge on any atom is -0.492 e. The van der Waals surface area contributed by atoms with Gasteiger partial charge >= 0.3 is 5.97 Å². The molecule has 5 atom stereocenters. The number of carbonyl (C=O) groups is 1. The highest BCUT2D eigenvalue weighted by Crippen LogP contribution is 2.60. The molecule has 188 valence electrons. The number of carboxylic acids is 1. The molecule has 3 aliphatic rings. The number of rotatable bonds is 9. The summed E-state index contributed by atoms with van der Waals surface area (Å²) in [6.07, 6.45) is 0.788. The molecule has 0 saturated heterocycles. The molecule has 2 aliphatic carbocycles. The van der Waals surface area contributed by atoms with Crippen LogP contribution >= 0.6 is 0 Å². The monoisotopic (exact) mass is 502 g/mol. The molecule has 35 heavy (non-hydrogen) atoms. The van der Waals surface area contributed by atoms with Crippen LogP contribution in [0.5, 0.6) is 5.75 Å². The van der Waals surface area contributed by atoms with Crippen LogP contribution in [0.1, 0.15) is 60.5 Å². The number of nitrogens with zero attached hydrogens (tertiary/aromatic N) is 1. The number of ether oxygens (including phenoxy) is 1. The molecule has 1 heterocycles. The van der Waals surface area contributed by atoms with Gasteiger partial charge in [0.1, 0.15) is 17.1 Å². The summed E-state index contributed by atoms with van der Waals surface area (Å²) in [6.45, 7) is 9.31. The Bertz CT molecular complexity index is 1280. The van der Waals surface area contributed by atoms with Gasteiger partial charge in [0.15, 0.2) is 0 Å². The number of fused-ring (bicyclic) bond motifs is 3. The van der Waals surface area contributed by atoms with Gasteiger partial charge in [-0.3, -0.25) is 4.72 Å². The maximum Gasteiger partial charge on any atom is 0.341 e. The predicted octanol–water partition coefficient (Wildman–Crippen LogP) is 4.51. The number of nitrogens with one attached hydrogen (secondary N) is 1. The van der Waals surface area contributed by atoms with Crippen LogP contribution < -0.4 is 9.46 Å². The maximum atomic E-state index is 14.2. The van der Waals surface area contributed by atoms with Crippen molar-refractivity contribution in [2.75, 3.05) is 31.0 Å². The Morgan fingerprint density at radius 3 is 2.63 bits per heavy atom. The van der Waals surface area contributed by atoms with Gasteiger partial charge in [0.2, 0.25) is 0 Å². The highest BCUT2D eigenvalue weighted by Gasteiger charge is 2.52. The molecular weight excluding hydrogens is 471 g/mol. The summed E-state index contributed by atoms with van der Waals surface area (Å²) in [7, 11) is -4.17. The quantitative estimate of drug-likeness (QED) is 0.524. The van der Waals surface area contributed by atoms with Crippen LogP contribution in [0.25, 0.3) is 0 Å². The summed E-state index contributed by atoms with van der Waals surface area (Å²) in [5, 5.41) is 9.94. The van der Waals surface area contributed by atoms with Crippen molar-refractivity contribution in [3.63, 3.8) is 0 Å². The van der Waals surface area contributed by atoms with Crippen molar-refractivity contribution in [1.82, 2.24) is 4.90 Å². The highest BCUT2D eigenvalue weighted by molar-refractivity contribution is 7.92. The zero-order valence-corrected chi connectivity index (χ0v) is 20.9. The predicted molar refractivity (Wildman–Crippen MR) is 130 cm³/mol. The lowest BCUT2D eigenvalue weighted by Gasteiger charge is -2.21. The first-order chi connectivity index (χ1) is 16.7. The first-order valence-corrected chi connectivity index (χ1v) is 13.7. The Labute approximate surface area is 205 Å². The zero-order chi connectivity index (χ0) is 25.1. The second kappa shape index (κ2) is 8.78. The van der Waals surface area contributed by atoms with Crippen molar-refractivity contribution in [2.24, 2.45) is 17.8 Å². The van der Waals surface area contributed by atoms with E-state index in [1.54, 1.807) is 6.07 Å². The van der Waals surface area contributed by atoms with Gasteiger partial charge in [-0.2, -0.15) is 0 Å². The van der Waals surface area contributed by atoms with Gasteiger partial charge in [0.25, 0.3) is 10.0 Å². The van der Waals surface area contributed by atoms with E-state index in [1.165, 1.54) is 18.2 Å². The lowest BCUT2D eigenvalue weighted by Crippen LogP contribution is -2.25. The average molecular weight is 503 g/mol. The Balaban J connectivity index is 1.47. The third kappa shape index (κ3) is 4.29. The molecule has 7 nitrogen and oxygen atoms in total. The number of halogens is 1. The SMILES string of the molecule is CCN(CC)CC1CC1c1cc(F)ccc1S(=O)(=O)Nc1ccc2c(c1C(=O)O)OC[C@@H]1C(C)[C@H]21. The minimum atomic E-state index is -4.17. The van der Waals surface area contributed by atoms with Crippen LogP contribution in [0.2, 0.25) is 0 Å². The van der Waals surface area contributed by atoms with Gasteiger partial charge in [0.05, 0.1) is 17.2 Å². The van der Waals surface area contributed by atoms with Gasteiger partial charge in [0, 0.05) is 12.5 Å². The first kappa shape index (κ1) is 24.1. The molecule has 2 aromatic rings. The highest BCUT2D eigenvalue weighted by atomic mass is 32.2. The molecule has 1 aliphatic heterocycles. The van der Waals surface area contributed by atoms with Crippen LogP contribution in [0, 0.1) is 23.6 Å². The molecular formula is C26H31FN2O5S. The molecule has 2 aromatic carbocycles. The third-order valence-electron chi connectivity index (χ3n) is 7.96. The minimum absolute atomic E-state index is 0.0168. The van der Waals surface area contributed by atoms with Crippen LogP contribution in [-0.2, 0) is 10.0 Å². The molecule has 2 fully saturated rings. The molecule has 9 heteroatoms. The van der Waals surface area contributed by atoms with Crippen molar-refractivity contribution in [1.29, 1.82) is 0 Å². The largest absolute Gasteiger partial charge is 0.492 e. The van der Waals surface area contributed by atoms with E-state index in [4.69, 9.17) is 4.74 Å². The van der Waals surface area contributed by atoms with Crippen molar-refractivity contribution in [2.45, 2.75) is 43.9 Å². The van der Waals surface area contributed by atoms with Crippen LogP contribution in [-0.4, -0.2) is 50.6 Å². The number of hydrogen-bond acceptors (Lipinski definition) is 5. The summed E-state index contributed by atoms with van der Waals surface area (Å²) in [4.78, 5) is 14.4. The fourth-order valence-corrected chi connectivity index (χ4v) is 7.04. The molecule has 0 aromatic heterocycles. The standard InChI is InChI=1S/C26H31FN2O5S/c1-4-29(5-2)12-15-10-18(15)19-11-16(27)6-9-22(19)35(32,33)28-21-8-7-17-23-14(3)20(23)13-34-25(17)24(21)26(30)31/h6-9,11,14-15,18,20,23,28H,4-5,10,12-13H2,1-3H3,(H,30,31)/t14?,15?,18?,20-,23-/m1/s1. The maximum absolute atomic E-state index is 14.2. The summed E-state index contributed by atoms with van der Waals surface area (Å²) in [6, 6.07) is 6.95. The Hall–Kier alpha value is -2.65. The van der Waals surface area contributed by atoms with E-state index in [2.05, 4.69) is 30.4 Å². The summed E-state index contributed by atoms with van der Waals surface area (Å²) < 4.78 is 49.4. The van der Waals surface area contributed by atoms with Gasteiger partial charge in [-0.05, 0) is 78.6 Å². The van der Waals surface area contributed by atoms with Crippen molar-refractivity contribution < 1.29 is 27.4 Å². The average Bonchev–Trinajstić information content (AvgIpc) is 3.72. The second-order valence-electron chi connectivity index (χ2n) is 9.95. The molecule has 3 unspecified atom stereocenters. The van der Waals surface area contributed by atoms with Crippen molar-refractivity contribution in [3.05, 3.63) is 52.8 Å². The van der Waals surface area contributed by atoms with Gasteiger partial charge < -0.3 is 14.7 Å². The van der Waals surface area contributed by atoms with Gasteiger partial charge in [-0.25, -0.2) is 17.6 Å². The molecule has 0 bridgehead atoms. The number of benzene rings is 2. The van der Waals surface area contributed by atoms with E-state index in [1.807, 2.05) is 0 Å². The lowest BCUT2D eigenvalue weighted by molar-refractivity contribution is 0.0692. The lowest BCUT2D eigenvalue weighted by atomic mass is 10.00. The summed E-state index contributed by atoms with van der Waals surface area (Å²) >= 11 is 0. The zero-order valence-electron chi connectivity index (χ0n) is 20.1. The van der Waals surface area contributed by atoms with E-state index in [0.29, 0.717) is 24.0 Å². The fourth-order valence-electron chi connectivity index (χ4n) is 5.71. The van der Waals surface area contributed by atoms with Crippen molar-refractivity contribution >= 4 is 21.7 Å². The van der Waals surface area contributed by atoms with Crippen LogP contribution in [0.3, 0.4) is 0 Å². The molecule has 0 radical (unpaired) electrons. The Kier molecular flexibility index (Phi) is 6.04. The van der Waals surface area contributed by atoms with Gasteiger partial charge in [-0.1, -0.05) is 26.8 Å². The van der Waals surface area contributed by atoms with Crippen molar-refractivity contribution in [3.8, 4) is 5.75 Å². The fraction of sp³-hybridized carbons (Fsp3) is 0.500. The Morgan fingerprint density at radius 1 is 1.20 bits per heavy atom. The summed E-state index contributed by atoms with van der Waals surface area (Å²) in [5.74, 6) is -0.293. The van der Waals surface area contributed by atoms with Crippen LogP contribution in [0.4, 0.5) is 10.1 Å². The number of aromatic carboxylic acids is 1. The number of hydrogen-bond donors (Lipinski definition) is 2. The summed E-state index contributed by atoms with van der Waals surface area (Å²) in [5.41, 5.74) is 1.02. The van der Waals surface area contributed by atoms with E-state index in [9.17, 15) is 22.7 Å². The van der Waals surface area contributed by atoms with E-state index < -0.39 is 21.8 Å². The molecule has 2 N–H and O–H groups in total. The van der Waals surface area contributed by atoms with E-state index >= 15 is 0 Å². The van der Waals surface area contributed by atoms with Crippen LogP contribution in [0.15, 0.2) is 35.2 Å². The normalized spacial score (nSPS) is 26.5. The third-order valence-corrected chi connectivity index (χ3v) is 9.40. The molecule has 5 rings (SSSR count). The second-order valence-corrected chi connectivity index (χ2v) is 11.6. The van der Waals surface area contributed by atoms with E-state index in [-0.39, 0.29) is 39.6 Å². The molecule has 0 amide bonds. The number of sulfonamides is 1. The van der Waals surface area contributed by atoms with Gasteiger partial charge in [-0.15, -0.1) is 0 Å². The first-order valence-electron chi connectivity index (χ1n) is 12.2. The topological polar surface area (TPSA) is 95.9 Å². The number of carboxylic acid groups (broad SMARTS) is 1. The van der Waals surface area contributed by atoms with E-state index in [0.717, 1.165) is 37.7 Å². The molecule has 0 spiro atoms. The Morgan fingerprint density at radius 2 is 1.94 bits per heavy atom.